The van der Waals surface area contributed by atoms with Crippen LogP contribution in [0.15, 0.2) is 27.6 Å². The van der Waals surface area contributed by atoms with Gasteiger partial charge in [0.15, 0.2) is 0 Å². The van der Waals surface area contributed by atoms with Crippen LogP contribution < -0.4 is 10.1 Å². The zero-order chi connectivity index (χ0) is 13.1. The summed E-state index contributed by atoms with van der Waals surface area (Å²) in [5.74, 6) is 0.313. The van der Waals surface area contributed by atoms with E-state index < -0.39 is 0 Å². The van der Waals surface area contributed by atoms with Crippen LogP contribution in [0.25, 0.3) is 6.08 Å². The highest BCUT2D eigenvalue weighted by Gasteiger charge is 2.25. The Morgan fingerprint density at radius 3 is 2.83 bits per heavy atom. The summed E-state index contributed by atoms with van der Waals surface area (Å²) in [6.07, 6.45) is 1.65. The molecule has 0 aliphatic carbocycles. The molecule has 0 saturated carbocycles. The molecule has 1 saturated heterocycles. The number of hydrogen-bond acceptors (Lipinski definition) is 4. The number of ether oxygens (including phenoxy) is 1. The summed E-state index contributed by atoms with van der Waals surface area (Å²) in [6.45, 7) is 2.43. The molecular formula is C12H10BrNO3S. The predicted octanol–water partition coefficient (Wildman–Crippen LogP) is 3.17. The quantitative estimate of drug-likeness (QED) is 0.866. The number of imide groups is 1. The highest BCUT2D eigenvalue weighted by atomic mass is 79.9. The van der Waals surface area contributed by atoms with Gasteiger partial charge in [-0.15, -0.1) is 0 Å². The Hall–Kier alpha value is -1.27. The molecule has 0 atom stereocenters. The van der Waals surface area contributed by atoms with E-state index in [-0.39, 0.29) is 11.1 Å². The van der Waals surface area contributed by atoms with E-state index in [0.717, 1.165) is 21.8 Å². The summed E-state index contributed by atoms with van der Waals surface area (Å²) in [5.41, 5.74) is 0.763. The molecule has 1 aromatic carbocycles. The average molecular weight is 328 g/mol. The van der Waals surface area contributed by atoms with E-state index in [1.807, 2.05) is 25.1 Å². The van der Waals surface area contributed by atoms with Gasteiger partial charge in [0.1, 0.15) is 5.75 Å². The number of halogens is 1. The molecule has 0 unspecified atom stereocenters. The maximum atomic E-state index is 11.5. The third-order valence-electron chi connectivity index (χ3n) is 2.20. The van der Waals surface area contributed by atoms with Crippen LogP contribution in [0.5, 0.6) is 5.75 Å². The maximum absolute atomic E-state index is 11.5. The van der Waals surface area contributed by atoms with Gasteiger partial charge in [0.25, 0.3) is 11.1 Å². The van der Waals surface area contributed by atoms with Crippen LogP contribution in [-0.2, 0) is 4.79 Å². The Bertz CT molecular complexity index is 542. The zero-order valence-corrected chi connectivity index (χ0v) is 11.9. The van der Waals surface area contributed by atoms with Gasteiger partial charge in [0.05, 0.1) is 11.5 Å². The van der Waals surface area contributed by atoms with Gasteiger partial charge in [-0.2, -0.15) is 0 Å². The predicted molar refractivity (Wildman–Crippen MR) is 74.4 cm³/mol. The number of rotatable bonds is 3. The maximum Gasteiger partial charge on any atom is 0.290 e. The summed E-state index contributed by atoms with van der Waals surface area (Å²) in [4.78, 5) is 22.9. The highest BCUT2D eigenvalue weighted by molar-refractivity contribution is 9.10. The number of carbonyl (C=O) groups is 2. The molecule has 1 aromatic rings. The molecule has 4 nitrogen and oxygen atoms in total. The van der Waals surface area contributed by atoms with Crippen molar-refractivity contribution in [3.63, 3.8) is 0 Å². The molecule has 1 aliphatic rings. The number of benzene rings is 1. The number of nitrogens with one attached hydrogen (secondary N) is 1. The largest absolute Gasteiger partial charge is 0.493 e. The first kappa shape index (κ1) is 13.2. The van der Waals surface area contributed by atoms with E-state index in [9.17, 15) is 9.59 Å². The molecule has 2 amide bonds. The van der Waals surface area contributed by atoms with Crippen LogP contribution in [0, 0.1) is 0 Å². The lowest BCUT2D eigenvalue weighted by Crippen LogP contribution is -2.17. The Kier molecular flexibility index (Phi) is 4.08. The molecule has 94 valence electrons. The molecule has 0 aromatic heterocycles. The van der Waals surface area contributed by atoms with E-state index in [4.69, 9.17) is 4.74 Å². The minimum Gasteiger partial charge on any atom is -0.493 e. The number of carbonyl (C=O) groups excluding carboxylic acids is 2. The lowest BCUT2D eigenvalue weighted by Gasteiger charge is -2.07. The first-order valence-corrected chi connectivity index (χ1v) is 6.88. The second kappa shape index (κ2) is 5.58. The number of thioether (sulfide) groups is 1. The Morgan fingerprint density at radius 1 is 1.44 bits per heavy atom. The number of amides is 2. The van der Waals surface area contributed by atoms with Gasteiger partial charge >= 0.3 is 0 Å². The molecule has 1 aliphatic heterocycles. The fourth-order valence-corrected chi connectivity index (χ4v) is 2.53. The molecule has 0 bridgehead atoms. The van der Waals surface area contributed by atoms with Gasteiger partial charge in [-0.1, -0.05) is 15.9 Å². The van der Waals surface area contributed by atoms with Crippen LogP contribution >= 0.6 is 27.7 Å². The Labute approximate surface area is 117 Å². The van der Waals surface area contributed by atoms with E-state index in [0.29, 0.717) is 17.3 Å². The van der Waals surface area contributed by atoms with Crippen molar-refractivity contribution in [2.45, 2.75) is 6.92 Å². The van der Waals surface area contributed by atoms with Crippen molar-refractivity contribution in [2.75, 3.05) is 6.61 Å². The fraction of sp³-hybridized carbons (Fsp3) is 0.167. The third-order valence-corrected chi connectivity index (χ3v) is 3.50. The lowest BCUT2D eigenvalue weighted by molar-refractivity contribution is -0.115. The molecule has 6 heteroatoms. The molecule has 1 N–H and O–H groups in total. The van der Waals surface area contributed by atoms with E-state index in [1.54, 1.807) is 6.08 Å². The van der Waals surface area contributed by atoms with Crippen molar-refractivity contribution in [3.8, 4) is 5.75 Å². The Morgan fingerprint density at radius 2 is 2.22 bits per heavy atom. The van der Waals surface area contributed by atoms with Crippen LogP contribution in [0.4, 0.5) is 4.79 Å². The minimum absolute atomic E-state index is 0.348. The van der Waals surface area contributed by atoms with E-state index in [1.165, 1.54) is 0 Å². The van der Waals surface area contributed by atoms with Gasteiger partial charge in [0, 0.05) is 10.0 Å². The van der Waals surface area contributed by atoms with Crippen molar-refractivity contribution >= 4 is 44.9 Å². The van der Waals surface area contributed by atoms with Crippen molar-refractivity contribution in [2.24, 2.45) is 0 Å². The van der Waals surface area contributed by atoms with Gasteiger partial charge < -0.3 is 4.74 Å². The fourth-order valence-electron chi connectivity index (χ4n) is 1.48. The zero-order valence-electron chi connectivity index (χ0n) is 9.53. The monoisotopic (exact) mass is 327 g/mol. The SMILES string of the molecule is CCOc1ccc(Br)cc1/C=C1\SC(=O)NC1=O. The third kappa shape index (κ3) is 2.94. The number of hydrogen-bond donors (Lipinski definition) is 1. The van der Waals surface area contributed by atoms with E-state index >= 15 is 0 Å². The van der Waals surface area contributed by atoms with Gasteiger partial charge in [-0.05, 0) is 43.0 Å². The van der Waals surface area contributed by atoms with Crippen molar-refractivity contribution in [1.29, 1.82) is 0 Å². The van der Waals surface area contributed by atoms with Crippen molar-refractivity contribution < 1.29 is 14.3 Å². The van der Waals surface area contributed by atoms with Gasteiger partial charge in [0.2, 0.25) is 0 Å². The normalized spacial score (nSPS) is 17.1. The van der Waals surface area contributed by atoms with Crippen molar-refractivity contribution in [1.82, 2.24) is 5.32 Å². The van der Waals surface area contributed by atoms with Crippen LogP contribution in [0.2, 0.25) is 0 Å². The first-order valence-electron chi connectivity index (χ1n) is 5.27. The summed E-state index contributed by atoms with van der Waals surface area (Å²) < 4.78 is 6.36. The molecule has 0 radical (unpaired) electrons. The molecule has 1 heterocycles. The van der Waals surface area contributed by atoms with Crippen LogP contribution in [-0.4, -0.2) is 17.8 Å². The topological polar surface area (TPSA) is 55.4 Å². The Balaban J connectivity index is 2.38. The van der Waals surface area contributed by atoms with Crippen LogP contribution in [0.3, 0.4) is 0 Å². The van der Waals surface area contributed by atoms with Crippen molar-refractivity contribution in [3.05, 3.63) is 33.1 Å². The molecular weight excluding hydrogens is 318 g/mol. The summed E-state index contributed by atoms with van der Waals surface area (Å²) in [7, 11) is 0. The molecule has 1 fully saturated rings. The lowest BCUT2D eigenvalue weighted by atomic mass is 10.2. The summed E-state index contributed by atoms with van der Waals surface area (Å²) >= 11 is 4.26. The smallest absolute Gasteiger partial charge is 0.290 e. The first-order chi connectivity index (χ1) is 8.60. The highest BCUT2D eigenvalue weighted by Crippen LogP contribution is 2.30. The minimum atomic E-state index is -0.368. The summed E-state index contributed by atoms with van der Waals surface area (Å²) in [5, 5.41) is 1.87. The molecule has 2 rings (SSSR count). The summed E-state index contributed by atoms with van der Waals surface area (Å²) in [6, 6.07) is 5.52. The van der Waals surface area contributed by atoms with E-state index in [2.05, 4.69) is 21.2 Å². The molecule has 0 spiro atoms. The van der Waals surface area contributed by atoms with Gasteiger partial charge in [-0.25, -0.2) is 0 Å². The molecule has 18 heavy (non-hydrogen) atoms. The van der Waals surface area contributed by atoms with Crippen LogP contribution in [0.1, 0.15) is 12.5 Å². The second-order valence-electron chi connectivity index (χ2n) is 3.47. The second-order valence-corrected chi connectivity index (χ2v) is 5.40. The standard InChI is InChI=1S/C12H10BrNO3S/c1-2-17-9-4-3-8(13)5-7(9)6-10-11(15)14-12(16)18-10/h3-6H,2H2,1H3,(H,14,15,16)/b10-6-. The average Bonchev–Trinajstić information content (AvgIpc) is 2.61. The van der Waals surface area contributed by atoms with Gasteiger partial charge in [-0.3, -0.25) is 14.9 Å².